The van der Waals surface area contributed by atoms with E-state index in [1.807, 2.05) is 24.3 Å². The topological polar surface area (TPSA) is 53.1 Å². The lowest BCUT2D eigenvalue weighted by atomic mass is 9.98. The average Bonchev–Trinajstić information content (AvgIpc) is 2.94. The Morgan fingerprint density at radius 3 is 2.55 bits per heavy atom. The number of aliphatic hydroxyl groups is 1. The fourth-order valence-corrected chi connectivity index (χ4v) is 2.28. The molecular weight excluding hydrogens is 250 g/mol. The van der Waals surface area contributed by atoms with E-state index >= 15 is 0 Å². The monoisotopic (exact) mass is 269 g/mol. The van der Waals surface area contributed by atoms with Gasteiger partial charge >= 0.3 is 0 Å². The van der Waals surface area contributed by atoms with Crippen molar-refractivity contribution in [3.05, 3.63) is 71.8 Å². The summed E-state index contributed by atoms with van der Waals surface area (Å²) in [6.07, 6.45) is 1.74. The van der Waals surface area contributed by atoms with Gasteiger partial charge in [0.15, 0.2) is 0 Å². The molecule has 0 radical (unpaired) electrons. The fraction of sp³-hybridized carbons (Fsp3) is 0.235. The summed E-state index contributed by atoms with van der Waals surface area (Å²) in [6, 6.07) is 12.7. The summed E-state index contributed by atoms with van der Waals surface area (Å²) >= 11 is 0. The van der Waals surface area contributed by atoms with E-state index in [9.17, 15) is 9.90 Å². The zero-order chi connectivity index (χ0) is 14.5. The largest absolute Gasteiger partial charge is 0.512 e. The molecule has 2 rings (SSSR count). The van der Waals surface area contributed by atoms with Crippen molar-refractivity contribution in [1.29, 1.82) is 0 Å². The second-order valence-electron chi connectivity index (χ2n) is 4.86. The Morgan fingerprint density at radius 1 is 1.25 bits per heavy atom. The van der Waals surface area contributed by atoms with Crippen LogP contribution in [0.25, 0.3) is 0 Å². The molecule has 1 unspecified atom stereocenters. The Labute approximate surface area is 119 Å². The molecule has 20 heavy (non-hydrogen) atoms. The Hall–Kier alpha value is -2.29. The van der Waals surface area contributed by atoms with E-state index in [1.165, 1.54) is 0 Å². The molecule has 1 heterocycles. The highest BCUT2D eigenvalue weighted by atomic mass is 16.3. The molecule has 1 atom stereocenters. The third kappa shape index (κ3) is 2.99. The lowest BCUT2D eigenvalue weighted by molar-refractivity contribution is 0.103. The van der Waals surface area contributed by atoms with Crippen LogP contribution in [-0.2, 0) is 0 Å². The van der Waals surface area contributed by atoms with Crippen molar-refractivity contribution in [3.8, 4) is 0 Å². The van der Waals surface area contributed by atoms with Crippen LogP contribution in [0.1, 0.15) is 47.4 Å². The Morgan fingerprint density at radius 2 is 1.95 bits per heavy atom. The van der Waals surface area contributed by atoms with Crippen LogP contribution in [-0.4, -0.2) is 15.9 Å². The van der Waals surface area contributed by atoms with Gasteiger partial charge in [-0.1, -0.05) is 50.3 Å². The summed E-state index contributed by atoms with van der Waals surface area (Å²) in [6.45, 7) is 5.66. The number of allylic oxidation sites excluding steroid dienone is 1. The highest BCUT2D eigenvalue weighted by molar-refractivity contribution is 6.07. The molecule has 3 heteroatoms. The third-order valence-corrected chi connectivity index (χ3v) is 3.34. The van der Waals surface area contributed by atoms with Gasteiger partial charge in [-0.15, -0.1) is 0 Å². The zero-order valence-electron chi connectivity index (χ0n) is 11.6. The number of carbonyl (C=O) groups excluding carboxylic acids is 1. The molecule has 2 aromatic rings. The first-order valence-electron chi connectivity index (χ1n) is 6.80. The van der Waals surface area contributed by atoms with E-state index in [-0.39, 0.29) is 17.5 Å². The zero-order valence-corrected chi connectivity index (χ0v) is 11.6. The maximum absolute atomic E-state index is 12.3. The van der Waals surface area contributed by atoms with E-state index < -0.39 is 0 Å². The third-order valence-electron chi connectivity index (χ3n) is 3.34. The van der Waals surface area contributed by atoms with Crippen LogP contribution >= 0.6 is 0 Å². The quantitative estimate of drug-likeness (QED) is 0.610. The summed E-state index contributed by atoms with van der Waals surface area (Å²) in [5, 5.41) is 9.66. The first-order chi connectivity index (χ1) is 9.63. The molecule has 0 saturated heterocycles. The maximum atomic E-state index is 12.3. The van der Waals surface area contributed by atoms with Crippen molar-refractivity contribution in [3.63, 3.8) is 0 Å². The van der Waals surface area contributed by atoms with E-state index in [0.29, 0.717) is 11.3 Å². The van der Waals surface area contributed by atoms with Gasteiger partial charge in [0.05, 0.1) is 17.4 Å². The summed E-state index contributed by atoms with van der Waals surface area (Å²) in [7, 11) is 0. The molecule has 0 saturated carbocycles. The maximum Gasteiger partial charge on any atom is 0.209 e. The number of aliphatic hydroxyl groups excluding tert-OH is 1. The number of ketones is 1. The van der Waals surface area contributed by atoms with Crippen LogP contribution < -0.4 is 0 Å². The van der Waals surface area contributed by atoms with Gasteiger partial charge in [0.1, 0.15) is 0 Å². The summed E-state index contributed by atoms with van der Waals surface area (Å²) in [5.74, 6) is -0.0552. The van der Waals surface area contributed by atoms with Crippen LogP contribution in [0.15, 0.2) is 54.8 Å². The molecule has 1 aromatic heterocycles. The second kappa shape index (κ2) is 6.24. The lowest BCUT2D eigenvalue weighted by Gasteiger charge is -2.12. The second-order valence-corrected chi connectivity index (χ2v) is 4.86. The van der Waals surface area contributed by atoms with Crippen molar-refractivity contribution >= 4 is 5.78 Å². The van der Waals surface area contributed by atoms with Crippen molar-refractivity contribution in [2.45, 2.75) is 25.7 Å². The molecule has 3 nitrogen and oxygen atoms in total. The van der Waals surface area contributed by atoms with Crippen LogP contribution in [0.4, 0.5) is 0 Å². The first-order valence-corrected chi connectivity index (χ1v) is 6.80. The molecular formula is C17H19NO2. The van der Waals surface area contributed by atoms with Gasteiger partial charge in [-0.2, -0.15) is 0 Å². The highest BCUT2D eigenvalue weighted by Crippen LogP contribution is 2.26. The standard InChI is InChI=1S/C17H19NO2/c1-3-7-14(12(2)19)15-10-11-16(18-15)17(20)13-8-5-4-6-9-13/h4-6,8-11,14,18-19H,2-3,7H2,1H3. The van der Waals surface area contributed by atoms with Crippen molar-refractivity contribution in [2.75, 3.05) is 0 Å². The summed E-state index contributed by atoms with van der Waals surface area (Å²) < 4.78 is 0. The van der Waals surface area contributed by atoms with Crippen LogP contribution in [0.5, 0.6) is 0 Å². The minimum atomic E-state index is -0.141. The van der Waals surface area contributed by atoms with Crippen LogP contribution in [0, 0.1) is 0 Å². The van der Waals surface area contributed by atoms with E-state index in [1.54, 1.807) is 18.2 Å². The fourth-order valence-electron chi connectivity index (χ4n) is 2.28. The SMILES string of the molecule is C=C(O)C(CCC)c1ccc(C(=O)c2ccccc2)[nH]1. The molecule has 0 bridgehead atoms. The van der Waals surface area contributed by atoms with Crippen LogP contribution in [0.3, 0.4) is 0 Å². The Balaban J connectivity index is 2.24. The number of hydrogen-bond donors (Lipinski definition) is 2. The molecule has 104 valence electrons. The molecule has 0 spiro atoms. The predicted octanol–water partition coefficient (Wildman–Crippen LogP) is 4.20. The summed E-state index contributed by atoms with van der Waals surface area (Å²) in [4.78, 5) is 15.4. The smallest absolute Gasteiger partial charge is 0.209 e. The number of benzene rings is 1. The average molecular weight is 269 g/mol. The Kier molecular flexibility index (Phi) is 4.41. The molecule has 0 amide bonds. The number of nitrogens with one attached hydrogen (secondary N) is 1. The van der Waals surface area contributed by atoms with Crippen LogP contribution in [0.2, 0.25) is 0 Å². The number of aromatic nitrogens is 1. The van der Waals surface area contributed by atoms with Crippen molar-refractivity contribution in [1.82, 2.24) is 4.98 Å². The normalized spacial score (nSPS) is 12.1. The molecule has 0 aliphatic heterocycles. The van der Waals surface area contributed by atoms with Crippen molar-refractivity contribution < 1.29 is 9.90 Å². The van der Waals surface area contributed by atoms with E-state index in [0.717, 1.165) is 18.5 Å². The van der Waals surface area contributed by atoms with E-state index in [2.05, 4.69) is 18.5 Å². The number of H-pyrrole nitrogens is 1. The number of hydrogen-bond acceptors (Lipinski definition) is 2. The minimum absolute atomic E-state index is 0.0457. The van der Waals surface area contributed by atoms with Crippen molar-refractivity contribution in [2.24, 2.45) is 0 Å². The number of aromatic amines is 1. The first kappa shape index (κ1) is 14.1. The summed E-state index contributed by atoms with van der Waals surface area (Å²) in [5.41, 5.74) is 2.02. The van der Waals surface area contributed by atoms with Gasteiger partial charge in [-0.3, -0.25) is 4.79 Å². The highest BCUT2D eigenvalue weighted by Gasteiger charge is 2.18. The molecule has 0 aliphatic rings. The molecule has 2 N–H and O–H groups in total. The predicted molar refractivity (Wildman–Crippen MR) is 80.1 cm³/mol. The van der Waals surface area contributed by atoms with Gasteiger partial charge in [0, 0.05) is 11.3 Å². The van der Waals surface area contributed by atoms with Gasteiger partial charge in [-0.25, -0.2) is 0 Å². The molecule has 0 aliphatic carbocycles. The number of rotatable bonds is 6. The minimum Gasteiger partial charge on any atom is -0.512 e. The van der Waals surface area contributed by atoms with Gasteiger partial charge in [-0.05, 0) is 18.6 Å². The van der Waals surface area contributed by atoms with Gasteiger partial charge < -0.3 is 10.1 Å². The van der Waals surface area contributed by atoms with E-state index in [4.69, 9.17) is 0 Å². The van der Waals surface area contributed by atoms with Gasteiger partial charge in [0.25, 0.3) is 0 Å². The van der Waals surface area contributed by atoms with Gasteiger partial charge in [0.2, 0.25) is 5.78 Å². The molecule has 1 aromatic carbocycles. The lowest BCUT2D eigenvalue weighted by Crippen LogP contribution is -2.05. The number of carbonyl (C=O) groups is 1. The molecule has 0 fully saturated rings. The Bertz CT molecular complexity index is 598.